The predicted octanol–water partition coefficient (Wildman–Crippen LogP) is 4.89. The van der Waals surface area contributed by atoms with Crippen LogP contribution in [-0.4, -0.2) is 13.3 Å². The maximum absolute atomic E-state index is 3.56. The van der Waals surface area contributed by atoms with Gasteiger partial charge in [0.2, 0.25) is 0 Å². The maximum atomic E-state index is 3.56. The van der Waals surface area contributed by atoms with E-state index in [2.05, 4.69) is 49.8 Å². The Labute approximate surface area is 122 Å². The van der Waals surface area contributed by atoms with Crippen LogP contribution in [0, 0.1) is 11.8 Å². The Morgan fingerprint density at radius 3 is 2.58 bits per heavy atom. The number of hydrogen-bond acceptors (Lipinski definition) is 2. The molecule has 3 atom stereocenters. The SMILES string of the molecule is CCC1CCCC(C(NC)c2ccc(SC)cc2)C1. The van der Waals surface area contributed by atoms with Gasteiger partial charge in [-0.2, -0.15) is 0 Å². The monoisotopic (exact) mass is 277 g/mol. The Morgan fingerprint density at radius 1 is 1.26 bits per heavy atom. The molecule has 1 aliphatic rings. The van der Waals surface area contributed by atoms with Crippen LogP contribution in [-0.2, 0) is 0 Å². The zero-order valence-corrected chi connectivity index (χ0v) is 13.3. The van der Waals surface area contributed by atoms with Crippen LogP contribution < -0.4 is 5.32 Å². The summed E-state index contributed by atoms with van der Waals surface area (Å²) in [6.07, 6.45) is 9.10. The third-order valence-corrected chi connectivity index (χ3v) is 5.40. The van der Waals surface area contributed by atoms with Gasteiger partial charge in [0.25, 0.3) is 0 Å². The van der Waals surface area contributed by atoms with Gasteiger partial charge in [-0.15, -0.1) is 11.8 Å². The smallest absolute Gasteiger partial charge is 0.0346 e. The van der Waals surface area contributed by atoms with E-state index < -0.39 is 0 Å². The number of nitrogens with one attached hydrogen (secondary N) is 1. The standard InChI is InChI=1S/C17H27NS/c1-4-13-6-5-7-15(12-13)17(18-2)14-8-10-16(19-3)11-9-14/h8-11,13,15,17-18H,4-7,12H2,1-3H3. The number of thioether (sulfide) groups is 1. The molecule has 0 bridgehead atoms. The lowest BCUT2D eigenvalue weighted by atomic mass is 9.75. The fraction of sp³-hybridized carbons (Fsp3) is 0.647. The zero-order valence-electron chi connectivity index (χ0n) is 12.5. The quantitative estimate of drug-likeness (QED) is 0.769. The Bertz CT molecular complexity index is 373. The topological polar surface area (TPSA) is 12.0 Å². The van der Waals surface area contributed by atoms with Crippen LogP contribution in [0.4, 0.5) is 0 Å². The van der Waals surface area contributed by atoms with Crippen LogP contribution in [0.1, 0.15) is 50.6 Å². The van der Waals surface area contributed by atoms with Crippen LogP contribution >= 0.6 is 11.8 Å². The lowest BCUT2D eigenvalue weighted by Crippen LogP contribution is -2.29. The summed E-state index contributed by atoms with van der Waals surface area (Å²) in [5.74, 6) is 1.75. The van der Waals surface area contributed by atoms with Gasteiger partial charge in [-0.05, 0) is 55.7 Å². The Morgan fingerprint density at radius 2 is 2.00 bits per heavy atom. The van der Waals surface area contributed by atoms with Gasteiger partial charge < -0.3 is 5.32 Å². The average molecular weight is 277 g/mol. The van der Waals surface area contributed by atoms with Crippen molar-refractivity contribution < 1.29 is 0 Å². The van der Waals surface area contributed by atoms with E-state index in [0.29, 0.717) is 6.04 Å². The molecule has 1 aliphatic carbocycles. The third kappa shape index (κ3) is 3.76. The first kappa shape index (κ1) is 14.9. The first-order valence-corrected chi connectivity index (χ1v) is 8.82. The molecule has 1 aromatic rings. The van der Waals surface area contributed by atoms with Gasteiger partial charge >= 0.3 is 0 Å². The highest BCUT2D eigenvalue weighted by atomic mass is 32.2. The second-order valence-corrected chi connectivity index (χ2v) is 6.62. The largest absolute Gasteiger partial charge is 0.313 e. The zero-order chi connectivity index (χ0) is 13.7. The summed E-state index contributed by atoms with van der Waals surface area (Å²) in [6.45, 7) is 2.34. The Kier molecular flexibility index (Phi) is 5.77. The highest BCUT2D eigenvalue weighted by molar-refractivity contribution is 7.98. The minimum absolute atomic E-state index is 0.533. The van der Waals surface area contributed by atoms with Crippen molar-refractivity contribution in [3.63, 3.8) is 0 Å². The van der Waals surface area contributed by atoms with Crippen molar-refractivity contribution in [2.24, 2.45) is 11.8 Å². The minimum atomic E-state index is 0.533. The van der Waals surface area contributed by atoms with Crippen LogP contribution in [0.2, 0.25) is 0 Å². The molecule has 0 aromatic heterocycles. The Balaban J connectivity index is 2.09. The van der Waals surface area contributed by atoms with E-state index in [1.165, 1.54) is 42.6 Å². The summed E-state index contributed by atoms with van der Waals surface area (Å²) in [6, 6.07) is 9.66. The third-order valence-electron chi connectivity index (χ3n) is 4.66. The van der Waals surface area contributed by atoms with E-state index in [1.54, 1.807) is 0 Å². The van der Waals surface area contributed by atoms with Gasteiger partial charge in [0, 0.05) is 10.9 Å². The molecular weight excluding hydrogens is 250 g/mol. The van der Waals surface area contributed by atoms with Crippen LogP contribution in [0.5, 0.6) is 0 Å². The summed E-state index contributed by atoms with van der Waals surface area (Å²) in [5.41, 5.74) is 1.46. The summed E-state index contributed by atoms with van der Waals surface area (Å²) in [4.78, 5) is 1.36. The van der Waals surface area contributed by atoms with Crippen LogP contribution in [0.15, 0.2) is 29.2 Å². The highest BCUT2D eigenvalue weighted by Gasteiger charge is 2.27. The lowest BCUT2D eigenvalue weighted by molar-refractivity contribution is 0.214. The molecule has 1 fully saturated rings. The summed E-state index contributed by atoms with van der Waals surface area (Å²) < 4.78 is 0. The molecular formula is C17H27NS. The Hall–Kier alpha value is -0.470. The molecule has 0 aliphatic heterocycles. The fourth-order valence-corrected chi connectivity index (χ4v) is 3.90. The van der Waals surface area contributed by atoms with E-state index in [1.807, 2.05) is 11.8 Å². The molecule has 106 valence electrons. The van der Waals surface area contributed by atoms with Crippen molar-refractivity contribution in [2.75, 3.05) is 13.3 Å². The van der Waals surface area contributed by atoms with E-state index in [9.17, 15) is 0 Å². The van der Waals surface area contributed by atoms with Crippen molar-refractivity contribution in [1.82, 2.24) is 5.32 Å². The van der Waals surface area contributed by atoms with Gasteiger partial charge in [-0.25, -0.2) is 0 Å². The molecule has 0 spiro atoms. The molecule has 19 heavy (non-hydrogen) atoms. The average Bonchev–Trinajstić information content (AvgIpc) is 2.49. The van der Waals surface area contributed by atoms with Crippen molar-refractivity contribution in [2.45, 2.75) is 50.0 Å². The molecule has 0 radical (unpaired) electrons. The van der Waals surface area contributed by atoms with E-state index in [-0.39, 0.29) is 0 Å². The van der Waals surface area contributed by atoms with Crippen LogP contribution in [0.25, 0.3) is 0 Å². The molecule has 0 amide bonds. The minimum Gasteiger partial charge on any atom is -0.313 e. The van der Waals surface area contributed by atoms with Gasteiger partial charge in [-0.3, -0.25) is 0 Å². The van der Waals surface area contributed by atoms with Gasteiger partial charge in [-0.1, -0.05) is 38.3 Å². The molecule has 1 aromatic carbocycles. The fourth-order valence-electron chi connectivity index (χ4n) is 3.49. The van der Waals surface area contributed by atoms with Gasteiger partial charge in [0.1, 0.15) is 0 Å². The van der Waals surface area contributed by atoms with E-state index >= 15 is 0 Å². The van der Waals surface area contributed by atoms with Gasteiger partial charge in [0.05, 0.1) is 0 Å². The molecule has 0 saturated heterocycles. The summed E-state index contributed by atoms with van der Waals surface area (Å²) in [5, 5.41) is 3.56. The van der Waals surface area contributed by atoms with Crippen molar-refractivity contribution in [1.29, 1.82) is 0 Å². The molecule has 1 saturated carbocycles. The van der Waals surface area contributed by atoms with Crippen molar-refractivity contribution in [3.8, 4) is 0 Å². The molecule has 3 unspecified atom stereocenters. The molecule has 0 heterocycles. The second kappa shape index (κ2) is 7.35. The first-order chi connectivity index (χ1) is 9.28. The number of rotatable bonds is 5. The van der Waals surface area contributed by atoms with Gasteiger partial charge in [0.15, 0.2) is 0 Å². The molecule has 1 N–H and O–H groups in total. The van der Waals surface area contributed by atoms with Crippen molar-refractivity contribution >= 4 is 11.8 Å². The number of hydrogen-bond donors (Lipinski definition) is 1. The van der Waals surface area contributed by atoms with E-state index in [0.717, 1.165) is 11.8 Å². The first-order valence-electron chi connectivity index (χ1n) is 7.59. The van der Waals surface area contributed by atoms with Crippen molar-refractivity contribution in [3.05, 3.63) is 29.8 Å². The summed E-state index contributed by atoms with van der Waals surface area (Å²) in [7, 11) is 2.11. The number of benzene rings is 1. The van der Waals surface area contributed by atoms with Crippen LogP contribution in [0.3, 0.4) is 0 Å². The molecule has 2 rings (SSSR count). The lowest BCUT2D eigenvalue weighted by Gasteiger charge is -2.34. The van der Waals surface area contributed by atoms with E-state index in [4.69, 9.17) is 0 Å². The summed E-state index contributed by atoms with van der Waals surface area (Å²) >= 11 is 1.82. The molecule has 2 heteroatoms. The second-order valence-electron chi connectivity index (χ2n) is 5.74. The molecule has 1 nitrogen and oxygen atoms in total. The highest BCUT2D eigenvalue weighted by Crippen LogP contribution is 2.38. The normalized spacial score (nSPS) is 25.2. The maximum Gasteiger partial charge on any atom is 0.0346 e. The predicted molar refractivity (Wildman–Crippen MR) is 85.8 cm³/mol.